The highest BCUT2D eigenvalue weighted by molar-refractivity contribution is 5.68. The van der Waals surface area contributed by atoms with Crippen molar-refractivity contribution >= 4 is 0 Å². The lowest BCUT2D eigenvalue weighted by atomic mass is 10.1. The van der Waals surface area contributed by atoms with Crippen molar-refractivity contribution in [2.24, 2.45) is 0 Å². The first-order valence-corrected chi connectivity index (χ1v) is 4.98. The van der Waals surface area contributed by atoms with Crippen LogP contribution in [0.25, 0.3) is 11.1 Å². The van der Waals surface area contributed by atoms with Crippen molar-refractivity contribution in [1.82, 2.24) is 10.2 Å². The Labute approximate surface area is 94.2 Å². The molecule has 1 aromatic carbocycles. The van der Waals surface area contributed by atoms with E-state index in [-0.39, 0.29) is 0 Å². The van der Waals surface area contributed by atoms with Gasteiger partial charge in [-0.25, -0.2) is 0 Å². The van der Waals surface area contributed by atoms with Crippen molar-refractivity contribution in [2.45, 2.75) is 6.92 Å². The quantitative estimate of drug-likeness (QED) is 0.860. The number of rotatable bonds is 3. The molecule has 0 aliphatic carbocycles. The van der Waals surface area contributed by atoms with Crippen molar-refractivity contribution in [3.63, 3.8) is 0 Å². The second-order valence-corrected chi connectivity index (χ2v) is 3.51. The summed E-state index contributed by atoms with van der Waals surface area (Å²) in [7, 11) is 3.28. The van der Waals surface area contributed by atoms with Gasteiger partial charge in [-0.2, -0.15) is 5.10 Å². The Morgan fingerprint density at radius 3 is 2.12 bits per heavy atom. The fourth-order valence-electron chi connectivity index (χ4n) is 1.60. The number of aromatic amines is 1. The molecule has 2 aromatic rings. The third-order valence-electron chi connectivity index (χ3n) is 2.49. The minimum absolute atomic E-state index is 0.773. The van der Waals surface area contributed by atoms with E-state index in [1.165, 1.54) is 0 Å². The second kappa shape index (κ2) is 4.26. The molecule has 0 atom stereocenters. The van der Waals surface area contributed by atoms with Gasteiger partial charge in [-0.05, 0) is 24.6 Å². The van der Waals surface area contributed by atoms with Crippen molar-refractivity contribution in [3.05, 3.63) is 30.1 Å². The van der Waals surface area contributed by atoms with Crippen LogP contribution in [0.3, 0.4) is 0 Å². The first-order valence-electron chi connectivity index (χ1n) is 4.98. The average molecular weight is 218 g/mol. The minimum atomic E-state index is 0.773. The Bertz CT molecular complexity index is 469. The van der Waals surface area contributed by atoms with Crippen molar-refractivity contribution < 1.29 is 9.47 Å². The van der Waals surface area contributed by atoms with E-state index in [0.717, 1.165) is 28.3 Å². The zero-order valence-corrected chi connectivity index (χ0v) is 9.57. The molecular weight excluding hydrogens is 204 g/mol. The molecule has 1 aromatic heterocycles. The molecule has 16 heavy (non-hydrogen) atoms. The fourth-order valence-corrected chi connectivity index (χ4v) is 1.60. The highest BCUT2D eigenvalue weighted by Crippen LogP contribution is 2.30. The van der Waals surface area contributed by atoms with Crippen LogP contribution >= 0.6 is 0 Å². The number of nitrogens with one attached hydrogen (secondary N) is 1. The summed E-state index contributed by atoms with van der Waals surface area (Å²) >= 11 is 0. The zero-order chi connectivity index (χ0) is 11.5. The first-order chi connectivity index (χ1) is 7.74. The SMILES string of the molecule is COc1cc(OC)cc(-c2cn[nH]c2C)c1. The molecule has 0 unspecified atom stereocenters. The van der Waals surface area contributed by atoms with Gasteiger partial charge in [-0.1, -0.05) is 0 Å². The van der Waals surface area contributed by atoms with Gasteiger partial charge in [0.15, 0.2) is 0 Å². The fraction of sp³-hybridized carbons (Fsp3) is 0.250. The minimum Gasteiger partial charge on any atom is -0.497 e. The Hall–Kier alpha value is -1.97. The van der Waals surface area contributed by atoms with Gasteiger partial charge in [-0.3, -0.25) is 5.10 Å². The average Bonchev–Trinajstić information content (AvgIpc) is 2.74. The van der Waals surface area contributed by atoms with E-state index < -0.39 is 0 Å². The lowest BCUT2D eigenvalue weighted by Crippen LogP contribution is -1.89. The van der Waals surface area contributed by atoms with Gasteiger partial charge in [0.25, 0.3) is 0 Å². The maximum Gasteiger partial charge on any atom is 0.123 e. The second-order valence-electron chi connectivity index (χ2n) is 3.51. The summed E-state index contributed by atoms with van der Waals surface area (Å²) < 4.78 is 10.4. The van der Waals surface area contributed by atoms with Crippen molar-refractivity contribution in [1.29, 1.82) is 0 Å². The largest absolute Gasteiger partial charge is 0.497 e. The molecule has 0 amide bonds. The molecule has 0 saturated heterocycles. The van der Waals surface area contributed by atoms with Gasteiger partial charge >= 0.3 is 0 Å². The highest BCUT2D eigenvalue weighted by atomic mass is 16.5. The molecule has 4 heteroatoms. The number of hydrogen-bond donors (Lipinski definition) is 1. The van der Waals surface area contributed by atoms with Crippen LogP contribution < -0.4 is 9.47 Å². The summed E-state index contributed by atoms with van der Waals surface area (Å²) in [5.74, 6) is 1.55. The number of hydrogen-bond acceptors (Lipinski definition) is 3. The van der Waals surface area contributed by atoms with E-state index in [4.69, 9.17) is 9.47 Å². The van der Waals surface area contributed by atoms with Gasteiger partial charge < -0.3 is 9.47 Å². The normalized spacial score (nSPS) is 10.2. The van der Waals surface area contributed by atoms with Gasteiger partial charge in [0.05, 0.1) is 20.4 Å². The molecule has 0 aliphatic heterocycles. The Morgan fingerprint density at radius 1 is 1.06 bits per heavy atom. The predicted octanol–water partition coefficient (Wildman–Crippen LogP) is 2.40. The van der Waals surface area contributed by atoms with E-state index >= 15 is 0 Å². The molecule has 0 spiro atoms. The Morgan fingerprint density at radius 2 is 1.69 bits per heavy atom. The smallest absolute Gasteiger partial charge is 0.123 e. The van der Waals surface area contributed by atoms with Gasteiger partial charge in [0, 0.05) is 17.3 Å². The van der Waals surface area contributed by atoms with E-state index in [1.54, 1.807) is 20.4 Å². The molecule has 0 radical (unpaired) electrons. The monoisotopic (exact) mass is 218 g/mol. The topological polar surface area (TPSA) is 47.1 Å². The standard InChI is InChI=1S/C12H14N2O2/c1-8-12(7-13-14-8)9-4-10(15-2)6-11(5-9)16-3/h4-7H,1-3H3,(H,13,14). The third-order valence-corrected chi connectivity index (χ3v) is 2.49. The lowest BCUT2D eigenvalue weighted by Gasteiger charge is -2.07. The van der Waals surface area contributed by atoms with Gasteiger partial charge in [0.2, 0.25) is 0 Å². The van der Waals surface area contributed by atoms with Crippen LogP contribution in [0.1, 0.15) is 5.69 Å². The summed E-state index contributed by atoms with van der Waals surface area (Å²) in [5.41, 5.74) is 3.11. The number of aryl methyl sites for hydroxylation is 1. The summed E-state index contributed by atoms with van der Waals surface area (Å²) in [6.45, 7) is 1.98. The number of aromatic nitrogens is 2. The molecule has 4 nitrogen and oxygen atoms in total. The molecule has 1 heterocycles. The van der Waals surface area contributed by atoms with Crippen LogP contribution in [0.2, 0.25) is 0 Å². The number of ether oxygens (including phenoxy) is 2. The van der Waals surface area contributed by atoms with Crippen LogP contribution in [0.15, 0.2) is 24.4 Å². The molecule has 2 rings (SSSR count). The molecule has 0 aliphatic rings. The van der Waals surface area contributed by atoms with Crippen LogP contribution in [0, 0.1) is 6.92 Å². The molecule has 0 fully saturated rings. The number of H-pyrrole nitrogens is 1. The molecule has 0 saturated carbocycles. The Balaban J connectivity index is 2.52. The van der Waals surface area contributed by atoms with Crippen LogP contribution in [-0.4, -0.2) is 24.4 Å². The van der Waals surface area contributed by atoms with Crippen molar-refractivity contribution in [2.75, 3.05) is 14.2 Å². The molecule has 1 N–H and O–H groups in total. The summed E-state index contributed by atoms with van der Waals surface area (Å²) in [6.07, 6.45) is 1.80. The number of benzene rings is 1. The van der Waals surface area contributed by atoms with Crippen molar-refractivity contribution in [3.8, 4) is 22.6 Å². The zero-order valence-electron chi connectivity index (χ0n) is 9.57. The van der Waals surface area contributed by atoms with Crippen LogP contribution in [-0.2, 0) is 0 Å². The Kier molecular flexibility index (Phi) is 2.81. The maximum absolute atomic E-state index is 5.22. The van der Waals surface area contributed by atoms with Crippen LogP contribution in [0.5, 0.6) is 11.5 Å². The molecular formula is C12H14N2O2. The molecule has 0 bridgehead atoms. The van der Waals surface area contributed by atoms with E-state index in [9.17, 15) is 0 Å². The third kappa shape index (κ3) is 1.86. The van der Waals surface area contributed by atoms with Gasteiger partial charge in [-0.15, -0.1) is 0 Å². The summed E-state index contributed by atoms with van der Waals surface area (Å²) in [5, 5.41) is 6.91. The van der Waals surface area contributed by atoms with E-state index in [0.29, 0.717) is 0 Å². The summed E-state index contributed by atoms with van der Waals surface area (Å²) in [6, 6.07) is 5.76. The van der Waals surface area contributed by atoms with E-state index in [2.05, 4.69) is 10.2 Å². The summed E-state index contributed by atoms with van der Waals surface area (Å²) in [4.78, 5) is 0. The number of methoxy groups -OCH3 is 2. The molecule has 84 valence electrons. The predicted molar refractivity (Wildman–Crippen MR) is 61.9 cm³/mol. The first kappa shape index (κ1) is 10.5. The van der Waals surface area contributed by atoms with E-state index in [1.807, 2.05) is 25.1 Å². The maximum atomic E-state index is 5.22. The highest BCUT2D eigenvalue weighted by Gasteiger charge is 2.07. The van der Waals surface area contributed by atoms with Gasteiger partial charge in [0.1, 0.15) is 11.5 Å². The van der Waals surface area contributed by atoms with Crippen LogP contribution in [0.4, 0.5) is 0 Å². The number of nitrogens with zero attached hydrogens (tertiary/aromatic N) is 1. The lowest BCUT2D eigenvalue weighted by molar-refractivity contribution is 0.394.